The highest BCUT2D eigenvalue weighted by Crippen LogP contribution is 2.14. The molecule has 4 heteroatoms. The largest absolute Gasteiger partial charge is 0.348 e. The summed E-state index contributed by atoms with van der Waals surface area (Å²) >= 11 is 0. The molecular weight excluding hydrogens is 274 g/mol. The highest BCUT2D eigenvalue weighted by molar-refractivity contribution is 5.88. The van der Waals surface area contributed by atoms with Crippen molar-refractivity contribution in [2.45, 2.75) is 40.8 Å². The first kappa shape index (κ1) is 16.0. The van der Waals surface area contributed by atoms with E-state index in [9.17, 15) is 4.79 Å². The van der Waals surface area contributed by atoms with Gasteiger partial charge in [-0.25, -0.2) is 0 Å². The Morgan fingerprint density at radius 3 is 2.55 bits per heavy atom. The molecule has 0 spiro atoms. The minimum Gasteiger partial charge on any atom is -0.348 e. The highest BCUT2D eigenvalue weighted by atomic mass is 16.1. The number of nitrogens with zero attached hydrogens (tertiary/aromatic N) is 2. The van der Waals surface area contributed by atoms with Crippen molar-refractivity contribution in [3.63, 3.8) is 0 Å². The summed E-state index contributed by atoms with van der Waals surface area (Å²) in [6.45, 7) is 9.11. The molecule has 0 aliphatic rings. The Hall–Kier alpha value is -2.36. The second-order valence-corrected chi connectivity index (χ2v) is 5.73. The van der Waals surface area contributed by atoms with Gasteiger partial charge in [-0.05, 0) is 33.3 Å². The fourth-order valence-electron chi connectivity index (χ4n) is 2.39. The molecule has 1 aromatic carbocycles. The van der Waals surface area contributed by atoms with Gasteiger partial charge in [0, 0.05) is 23.9 Å². The molecule has 1 amide bonds. The molecule has 22 heavy (non-hydrogen) atoms. The molecule has 1 aromatic heterocycles. The Labute approximate surface area is 131 Å². The molecule has 4 nitrogen and oxygen atoms in total. The minimum atomic E-state index is -0.0605. The van der Waals surface area contributed by atoms with Crippen molar-refractivity contribution in [2.24, 2.45) is 0 Å². The number of carbonyl (C=O) groups excluding carboxylic acids is 1. The SMILES string of the molecule is CC(C)=CC(=O)NCc1c(C)nn(Cc2ccccc2)c1C. The lowest BCUT2D eigenvalue weighted by Crippen LogP contribution is -2.21. The second kappa shape index (κ2) is 7.07. The molecule has 0 aliphatic carbocycles. The van der Waals surface area contributed by atoms with Crippen LogP contribution in [-0.2, 0) is 17.9 Å². The van der Waals surface area contributed by atoms with E-state index in [0.717, 1.165) is 29.1 Å². The van der Waals surface area contributed by atoms with Gasteiger partial charge in [-0.15, -0.1) is 0 Å². The van der Waals surface area contributed by atoms with E-state index in [4.69, 9.17) is 0 Å². The third kappa shape index (κ3) is 4.07. The predicted octanol–water partition coefficient (Wildman–Crippen LogP) is 3.13. The van der Waals surface area contributed by atoms with Gasteiger partial charge >= 0.3 is 0 Å². The van der Waals surface area contributed by atoms with Gasteiger partial charge in [-0.2, -0.15) is 5.10 Å². The van der Waals surface area contributed by atoms with E-state index in [2.05, 4.69) is 22.5 Å². The molecule has 0 radical (unpaired) electrons. The molecule has 0 aliphatic heterocycles. The first-order valence-electron chi connectivity index (χ1n) is 7.47. The van der Waals surface area contributed by atoms with Crippen molar-refractivity contribution in [1.82, 2.24) is 15.1 Å². The maximum atomic E-state index is 11.7. The van der Waals surface area contributed by atoms with Crippen molar-refractivity contribution in [3.05, 3.63) is 64.5 Å². The van der Waals surface area contributed by atoms with E-state index in [1.807, 2.05) is 50.6 Å². The molecule has 2 aromatic rings. The average Bonchev–Trinajstić information content (AvgIpc) is 2.72. The topological polar surface area (TPSA) is 46.9 Å². The highest BCUT2D eigenvalue weighted by Gasteiger charge is 2.12. The van der Waals surface area contributed by atoms with Crippen molar-refractivity contribution in [2.75, 3.05) is 0 Å². The summed E-state index contributed by atoms with van der Waals surface area (Å²) in [6, 6.07) is 10.2. The number of hydrogen-bond donors (Lipinski definition) is 1. The molecule has 1 heterocycles. The average molecular weight is 297 g/mol. The number of carbonyl (C=O) groups is 1. The minimum absolute atomic E-state index is 0.0605. The van der Waals surface area contributed by atoms with E-state index in [0.29, 0.717) is 6.54 Å². The zero-order valence-electron chi connectivity index (χ0n) is 13.7. The predicted molar refractivity (Wildman–Crippen MR) is 88.5 cm³/mol. The fourth-order valence-corrected chi connectivity index (χ4v) is 2.39. The maximum absolute atomic E-state index is 11.7. The molecule has 0 bridgehead atoms. The summed E-state index contributed by atoms with van der Waals surface area (Å²) in [6.07, 6.45) is 1.61. The van der Waals surface area contributed by atoms with Gasteiger partial charge in [-0.3, -0.25) is 9.48 Å². The van der Waals surface area contributed by atoms with Crippen LogP contribution in [0.5, 0.6) is 0 Å². The number of aromatic nitrogens is 2. The Balaban J connectivity index is 2.10. The number of rotatable bonds is 5. The standard InChI is InChI=1S/C18H23N3O/c1-13(2)10-18(22)19-11-17-14(3)20-21(15(17)4)12-16-8-6-5-7-9-16/h5-10H,11-12H2,1-4H3,(H,19,22). The van der Waals surface area contributed by atoms with Crippen LogP contribution < -0.4 is 5.32 Å². The van der Waals surface area contributed by atoms with Crippen molar-refractivity contribution in [1.29, 1.82) is 0 Å². The fraction of sp³-hybridized carbons (Fsp3) is 0.333. The summed E-state index contributed by atoms with van der Waals surface area (Å²) < 4.78 is 1.99. The maximum Gasteiger partial charge on any atom is 0.244 e. The Kier molecular flexibility index (Phi) is 5.15. The Morgan fingerprint density at radius 2 is 1.91 bits per heavy atom. The number of allylic oxidation sites excluding steroid dienone is 1. The van der Waals surface area contributed by atoms with E-state index in [1.165, 1.54) is 5.56 Å². The van der Waals surface area contributed by atoms with Crippen LogP contribution in [0.1, 0.15) is 36.4 Å². The van der Waals surface area contributed by atoms with Crippen molar-refractivity contribution >= 4 is 5.91 Å². The van der Waals surface area contributed by atoms with Gasteiger partial charge in [-0.1, -0.05) is 35.9 Å². The summed E-state index contributed by atoms with van der Waals surface area (Å²) in [5.74, 6) is -0.0605. The lowest BCUT2D eigenvalue weighted by atomic mass is 10.2. The third-order valence-corrected chi connectivity index (χ3v) is 3.57. The van der Waals surface area contributed by atoms with Crippen LogP contribution in [0, 0.1) is 13.8 Å². The van der Waals surface area contributed by atoms with Gasteiger partial charge in [0.15, 0.2) is 0 Å². The van der Waals surface area contributed by atoms with Crippen LogP contribution in [0.3, 0.4) is 0 Å². The van der Waals surface area contributed by atoms with Gasteiger partial charge in [0.2, 0.25) is 5.91 Å². The van der Waals surface area contributed by atoms with Crippen LogP contribution >= 0.6 is 0 Å². The number of benzene rings is 1. The van der Waals surface area contributed by atoms with Gasteiger partial charge in [0.05, 0.1) is 12.2 Å². The molecule has 0 saturated heterocycles. The van der Waals surface area contributed by atoms with Gasteiger partial charge < -0.3 is 5.32 Å². The summed E-state index contributed by atoms with van der Waals surface area (Å²) in [7, 11) is 0. The zero-order valence-corrected chi connectivity index (χ0v) is 13.7. The Morgan fingerprint density at radius 1 is 1.23 bits per heavy atom. The number of aryl methyl sites for hydroxylation is 1. The van der Waals surface area contributed by atoms with Gasteiger partial charge in [0.25, 0.3) is 0 Å². The number of hydrogen-bond acceptors (Lipinski definition) is 2. The molecule has 2 rings (SSSR count). The molecule has 116 valence electrons. The second-order valence-electron chi connectivity index (χ2n) is 5.73. The molecule has 0 unspecified atom stereocenters. The Bertz CT molecular complexity index is 680. The lowest BCUT2D eigenvalue weighted by Gasteiger charge is -2.06. The normalized spacial score (nSPS) is 10.4. The van der Waals surface area contributed by atoms with Crippen molar-refractivity contribution in [3.8, 4) is 0 Å². The smallest absolute Gasteiger partial charge is 0.244 e. The quantitative estimate of drug-likeness (QED) is 0.862. The molecule has 0 fully saturated rings. The molecule has 0 atom stereocenters. The van der Waals surface area contributed by atoms with Crippen LogP contribution in [-0.4, -0.2) is 15.7 Å². The van der Waals surface area contributed by atoms with Gasteiger partial charge in [0.1, 0.15) is 0 Å². The van der Waals surface area contributed by atoms with Crippen LogP contribution in [0.15, 0.2) is 42.0 Å². The van der Waals surface area contributed by atoms with Crippen LogP contribution in [0.4, 0.5) is 0 Å². The van der Waals surface area contributed by atoms with Crippen molar-refractivity contribution < 1.29 is 4.79 Å². The summed E-state index contributed by atoms with van der Waals surface area (Å²) in [5.41, 5.74) is 5.36. The third-order valence-electron chi connectivity index (χ3n) is 3.57. The lowest BCUT2D eigenvalue weighted by molar-refractivity contribution is -0.116. The molecule has 0 saturated carbocycles. The first-order chi connectivity index (χ1) is 10.5. The van der Waals surface area contributed by atoms with E-state index >= 15 is 0 Å². The summed E-state index contributed by atoms with van der Waals surface area (Å²) in [4.78, 5) is 11.7. The van der Waals surface area contributed by atoms with E-state index < -0.39 is 0 Å². The van der Waals surface area contributed by atoms with E-state index in [1.54, 1.807) is 6.08 Å². The monoisotopic (exact) mass is 297 g/mol. The molecular formula is C18H23N3O. The first-order valence-corrected chi connectivity index (χ1v) is 7.47. The zero-order chi connectivity index (χ0) is 16.1. The van der Waals surface area contributed by atoms with Crippen LogP contribution in [0.2, 0.25) is 0 Å². The number of amides is 1. The van der Waals surface area contributed by atoms with Crippen LogP contribution in [0.25, 0.3) is 0 Å². The van der Waals surface area contributed by atoms with E-state index in [-0.39, 0.29) is 5.91 Å². The molecule has 1 N–H and O–H groups in total. The summed E-state index contributed by atoms with van der Waals surface area (Å²) in [5, 5.41) is 7.51. The number of nitrogens with one attached hydrogen (secondary N) is 1.